The highest BCUT2D eigenvalue weighted by Gasteiger charge is 2.17. The molecule has 0 radical (unpaired) electrons. The maximum atomic E-state index is 13.1. The molecule has 0 saturated heterocycles. The van der Waals surface area contributed by atoms with Crippen LogP contribution in [0.1, 0.15) is 37.7 Å². The Morgan fingerprint density at radius 2 is 2.06 bits per heavy atom. The van der Waals surface area contributed by atoms with E-state index < -0.39 is 0 Å². The monoisotopic (exact) mass is 221 g/mol. The molecule has 2 heteroatoms. The molecule has 2 rings (SSSR count). The lowest BCUT2D eigenvalue weighted by atomic mass is 9.91. The summed E-state index contributed by atoms with van der Waals surface area (Å²) in [5, 5.41) is 0. The molecular formula is C14H20FN. The molecule has 1 aromatic rings. The van der Waals surface area contributed by atoms with Crippen molar-refractivity contribution in [2.75, 3.05) is 0 Å². The van der Waals surface area contributed by atoms with Gasteiger partial charge in [-0.15, -0.1) is 0 Å². The normalized spacial score (nSPS) is 26.4. The average molecular weight is 221 g/mol. The predicted molar refractivity (Wildman–Crippen MR) is 64.7 cm³/mol. The number of rotatable bonds is 2. The summed E-state index contributed by atoms with van der Waals surface area (Å²) in [6.45, 7) is 0. The van der Waals surface area contributed by atoms with E-state index in [1.165, 1.54) is 25.3 Å². The van der Waals surface area contributed by atoms with E-state index in [-0.39, 0.29) is 5.82 Å². The van der Waals surface area contributed by atoms with Crippen molar-refractivity contribution in [1.82, 2.24) is 0 Å². The average Bonchev–Trinajstić information content (AvgIpc) is 2.43. The van der Waals surface area contributed by atoms with Crippen molar-refractivity contribution >= 4 is 0 Å². The molecule has 0 aliphatic heterocycles. The molecule has 2 N–H and O–H groups in total. The molecule has 1 aromatic carbocycles. The van der Waals surface area contributed by atoms with E-state index in [9.17, 15) is 4.39 Å². The third kappa shape index (κ3) is 3.31. The van der Waals surface area contributed by atoms with Crippen molar-refractivity contribution < 1.29 is 4.39 Å². The standard InChI is InChI=1S/C14H20FN/c15-13-6-3-5-11(9-13)8-12-4-1-2-7-14(16)10-12/h3,5-6,9,12,14H,1-2,4,7-8,10,16H2. The van der Waals surface area contributed by atoms with Crippen LogP contribution in [0.25, 0.3) is 0 Å². The highest BCUT2D eigenvalue weighted by Crippen LogP contribution is 2.25. The molecule has 1 fully saturated rings. The maximum absolute atomic E-state index is 13.1. The fraction of sp³-hybridized carbons (Fsp3) is 0.571. The van der Waals surface area contributed by atoms with Gasteiger partial charge in [0.1, 0.15) is 5.82 Å². The molecule has 0 bridgehead atoms. The summed E-state index contributed by atoms with van der Waals surface area (Å²) in [5.74, 6) is 0.509. The third-order valence-corrected chi connectivity index (χ3v) is 3.49. The second-order valence-corrected chi connectivity index (χ2v) is 4.98. The van der Waals surface area contributed by atoms with Crippen LogP contribution in [-0.2, 0) is 6.42 Å². The lowest BCUT2D eigenvalue weighted by Crippen LogP contribution is -2.22. The quantitative estimate of drug-likeness (QED) is 0.762. The van der Waals surface area contributed by atoms with Gasteiger partial charge >= 0.3 is 0 Å². The molecule has 1 aliphatic carbocycles. The predicted octanol–water partition coefficient (Wildman–Crippen LogP) is 3.28. The number of nitrogens with two attached hydrogens (primary N) is 1. The van der Waals surface area contributed by atoms with Crippen molar-refractivity contribution in [2.45, 2.75) is 44.6 Å². The first-order valence-corrected chi connectivity index (χ1v) is 6.24. The lowest BCUT2D eigenvalue weighted by Gasteiger charge is -2.16. The molecule has 1 aliphatic rings. The molecule has 88 valence electrons. The molecule has 0 spiro atoms. The first-order chi connectivity index (χ1) is 7.74. The van der Waals surface area contributed by atoms with Crippen LogP contribution >= 0.6 is 0 Å². The second-order valence-electron chi connectivity index (χ2n) is 4.98. The van der Waals surface area contributed by atoms with Crippen LogP contribution in [0.4, 0.5) is 4.39 Å². The Morgan fingerprint density at radius 3 is 2.88 bits per heavy atom. The van der Waals surface area contributed by atoms with Gasteiger partial charge in [-0.1, -0.05) is 31.4 Å². The highest BCUT2D eigenvalue weighted by molar-refractivity contribution is 5.16. The smallest absolute Gasteiger partial charge is 0.123 e. The largest absolute Gasteiger partial charge is 0.328 e. The summed E-state index contributed by atoms with van der Waals surface area (Å²) in [6.07, 6.45) is 6.99. The van der Waals surface area contributed by atoms with Crippen LogP contribution in [0.3, 0.4) is 0 Å². The molecule has 1 nitrogen and oxygen atoms in total. The van der Waals surface area contributed by atoms with Gasteiger partial charge in [-0.25, -0.2) is 4.39 Å². The van der Waals surface area contributed by atoms with Crippen LogP contribution < -0.4 is 5.73 Å². The van der Waals surface area contributed by atoms with Crippen LogP contribution in [-0.4, -0.2) is 6.04 Å². The first kappa shape index (κ1) is 11.6. The topological polar surface area (TPSA) is 26.0 Å². The van der Waals surface area contributed by atoms with E-state index in [0.717, 1.165) is 24.8 Å². The lowest BCUT2D eigenvalue weighted by molar-refractivity contribution is 0.430. The number of halogens is 1. The zero-order chi connectivity index (χ0) is 11.4. The zero-order valence-electron chi connectivity index (χ0n) is 9.66. The van der Waals surface area contributed by atoms with Crippen molar-refractivity contribution in [2.24, 2.45) is 11.7 Å². The van der Waals surface area contributed by atoms with Gasteiger partial charge in [-0.2, -0.15) is 0 Å². The Hall–Kier alpha value is -0.890. The van der Waals surface area contributed by atoms with Gasteiger partial charge in [-0.05, 0) is 42.9 Å². The molecular weight excluding hydrogens is 201 g/mol. The van der Waals surface area contributed by atoms with E-state index >= 15 is 0 Å². The fourth-order valence-corrected chi connectivity index (χ4v) is 2.69. The summed E-state index contributed by atoms with van der Waals surface area (Å²) >= 11 is 0. The third-order valence-electron chi connectivity index (χ3n) is 3.49. The van der Waals surface area contributed by atoms with E-state index in [0.29, 0.717) is 12.0 Å². The van der Waals surface area contributed by atoms with Gasteiger partial charge in [-0.3, -0.25) is 0 Å². The summed E-state index contributed by atoms with van der Waals surface area (Å²) < 4.78 is 13.1. The SMILES string of the molecule is NC1CCCCC(Cc2cccc(F)c2)C1. The number of hydrogen-bond donors (Lipinski definition) is 1. The van der Waals surface area contributed by atoms with E-state index in [2.05, 4.69) is 0 Å². The Balaban J connectivity index is 1.97. The molecule has 0 aromatic heterocycles. The van der Waals surface area contributed by atoms with E-state index in [1.807, 2.05) is 6.07 Å². The summed E-state index contributed by atoms with van der Waals surface area (Å²) in [7, 11) is 0. The molecule has 0 heterocycles. The number of benzene rings is 1. The minimum Gasteiger partial charge on any atom is -0.328 e. The molecule has 0 amide bonds. The van der Waals surface area contributed by atoms with Crippen molar-refractivity contribution in [3.63, 3.8) is 0 Å². The minimum atomic E-state index is -0.129. The first-order valence-electron chi connectivity index (χ1n) is 6.24. The molecule has 16 heavy (non-hydrogen) atoms. The summed E-state index contributed by atoms with van der Waals surface area (Å²) in [5.41, 5.74) is 7.14. The zero-order valence-corrected chi connectivity index (χ0v) is 9.66. The second kappa shape index (κ2) is 5.44. The van der Waals surface area contributed by atoms with Crippen LogP contribution in [0.2, 0.25) is 0 Å². The van der Waals surface area contributed by atoms with Gasteiger partial charge in [0.05, 0.1) is 0 Å². The van der Waals surface area contributed by atoms with Crippen LogP contribution in [0.5, 0.6) is 0 Å². The van der Waals surface area contributed by atoms with Gasteiger partial charge in [0.2, 0.25) is 0 Å². The minimum absolute atomic E-state index is 0.129. The highest BCUT2D eigenvalue weighted by atomic mass is 19.1. The van der Waals surface area contributed by atoms with Crippen LogP contribution in [0.15, 0.2) is 24.3 Å². The fourth-order valence-electron chi connectivity index (χ4n) is 2.69. The summed E-state index contributed by atoms with van der Waals surface area (Å²) in [6, 6.07) is 7.31. The molecule has 1 saturated carbocycles. The van der Waals surface area contributed by atoms with Gasteiger partial charge in [0, 0.05) is 6.04 Å². The van der Waals surface area contributed by atoms with Crippen molar-refractivity contribution in [1.29, 1.82) is 0 Å². The maximum Gasteiger partial charge on any atom is 0.123 e. The van der Waals surface area contributed by atoms with Gasteiger partial charge in [0.15, 0.2) is 0 Å². The Bertz CT molecular complexity index is 337. The van der Waals surface area contributed by atoms with Crippen LogP contribution in [0, 0.1) is 11.7 Å². The number of hydrogen-bond acceptors (Lipinski definition) is 1. The Kier molecular flexibility index (Phi) is 3.94. The Morgan fingerprint density at radius 1 is 1.25 bits per heavy atom. The molecule has 2 atom stereocenters. The van der Waals surface area contributed by atoms with E-state index in [4.69, 9.17) is 5.73 Å². The van der Waals surface area contributed by atoms with Gasteiger partial charge in [0.25, 0.3) is 0 Å². The molecule has 2 unspecified atom stereocenters. The van der Waals surface area contributed by atoms with Gasteiger partial charge < -0.3 is 5.73 Å². The van der Waals surface area contributed by atoms with Crippen molar-refractivity contribution in [3.05, 3.63) is 35.6 Å². The Labute approximate surface area is 96.9 Å². The van der Waals surface area contributed by atoms with E-state index in [1.54, 1.807) is 12.1 Å². The summed E-state index contributed by atoms with van der Waals surface area (Å²) in [4.78, 5) is 0. The van der Waals surface area contributed by atoms with Crippen molar-refractivity contribution in [3.8, 4) is 0 Å².